The Morgan fingerprint density at radius 1 is 1.11 bits per heavy atom. The first kappa shape index (κ1) is 20.5. The minimum Gasteiger partial charge on any atom is -0.493 e. The molecule has 0 bridgehead atoms. The van der Waals surface area contributed by atoms with Crippen LogP contribution in [-0.2, 0) is 6.54 Å². The number of nitrogens with one attached hydrogen (secondary N) is 1. The molecule has 0 atom stereocenters. The van der Waals surface area contributed by atoms with Crippen molar-refractivity contribution in [3.63, 3.8) is 0 Å². The van der Waals surface area contributed by atoms with Crippen LogP contribution in [-0.4, -0.2) is 25.2 Å². The third kappa shape index (κ3) is 5.35. The molecule has 0 spiro atoms. The number of aliphatic imine (C=N–C) groups is 1. The summed E-state index contributed by atoms with van der Waals surface area (Å²) in [5.41, 5.74) is 8.82. The van der Waals surface area contributed by atoms with Crippen molar-refractivity contribution in [2.45, 2.75) is 6.54 Å². The van der Waals surface area contributed by atoms with E-state index in [2.05, 4.69) is 15.3 Å². The first-order chi connectivity index (χ1) is 12.7. The predicted molar refractivity (Wildman–Crippen MR) is 113 cm³/mol. The van der Waals surface area contributed by atoms with Crippen molar-refractivity contribution in [1.82, 2.24) is 4.98 Å². The summed E-state index contributed by atoms with van der Waals surface area (Å²) in [5, 5.41) is 5.67. The van der Waals surface area contributed by atoms with Crippen LogP contribution in [0.25, 0.3) is 11.3 Å². The van der Waals surface area contributed by atoms with Crippen molar-refractivity contribution in [3.8, 4) is 22.8 Å². The fourth-order valence-electron chi connectivity index (χ4n) is 2.37. The van der Waals surface area contributed by atoms with E-state index in [1.807, 2.05) is 53.9 Å². The zero-order chi connectivity index (χ0) is 18.4. The van der Waals surface area contributed by atoms with Crippen LogP contribution in [0.4, 0.5) is 5.13 Å². The number of guanidine groups is 1. The van der Waals surface area contributed by atoms with Gasteiger partial charge in [-0.1, -0.05) is 30.3 Å². The average molecular weight is 405 g/mol. The first-order valence-electron chi connectivity index (χ1n) is 7.98. The number of methoxy groups -OCH3 is 2. The van der Waals surface area contributed by atoms with Crippen molar-refractivity contribution in [3.05, 3.63) is 59.5 Å². The number of hydrogen-bond donors (Lipinski definition) is 2. The van der Waals surface area contributed by atoms with Gasteiger partial charge < -0.3 is 20.5 Å². The van der Waals surface area contributed by atoms with Gasteiger partial charge in [-0.05, 0) is 23.8 Å². The summed E-state index contributed by atoms with van der Waals surface area (Å²) >= 11 is 1.46. The number of hydrogen-bond acceptors (Lipinski definition) is 5. The minimum absolute atomic E-state index is 0. The van der Waals surface area contributed by atoms with Gasteiger partial charge in [-0.2, -0.15) is 0 Å². The van der Waals surface area contributed by atoms with Crippen LogP contribution in [0.5, 0.6) is 11.5 Å². The Labute approximate surface area is 168 Å². The fraction of sp³-hybridized carbons (Fsp3) is 0.158. The van der Waals surface area contributed by atoms with Gasteiger partial charge in [0.1, 0.15) is 0 Å². The largest absolute Gasteiger partial charge is 0.493 e. The van der Waals surface area contributed by atoms with Crippen molar-refractivity contribution >= 4 is 34.8 Å². The molecule has 2 aromatic carbocycles. The Balaban J connectivity index is 0.00000261. The second-order valence-corrected chi connectivity index (χ2v) is 6.28. The Bertz CT molecular complexity index is 900. The molecule has 0 saturated heterocycles. The van der Waals surface area contributed by atoms with Gasteiger partial charge in [0.15, 0.2) is 22.6 Å². The lowest BCUT2D eigenvalue weighted by atomic mass is 10.1. The summed E-state index contributed by atoms with van der Waals surface area (Å²) in [6.45, 7) is 0.521. The standard InChI is InChI=1S/C19H20N4O2S.ClH/c1-24-16-9-8-14(10-17(16)25-2)15-12-26-19(22-15)23-18(20)21-11-13-6-4-3-5-7-13;/h3-10,12H,11H2,1-2H3,(H3,20,21,22,23);1H. The number of aromatic nitrogens is 1. The van der Waals surface area contributed by atoms with Crippen LogP contribution in [0.2, 0.25) is 0 Å². The van der Waals surface area contributed by atoms with Crippen LogP contribution >= 0.6 is 23.7 Å². The van der Waals surface area contributed by atoms with Crippen molar-refractivity contribution < 1.29 is 9.47 Å². The van der Waals surface area contributed by atoms with Crippen molar-refractivity contribution in [1.29, 1.82) is 0 Å². The van der Waals surface area contributed by atoms with E-state index in [1.165, 1.54) is 11.3 Å². The minimum atomic E-state index is 0. The molecule has 0 aliphatic heterocycles. The zero-order valence-electron chi connectivity index (χ0n) is 15.0. The molecule has 27 heavy (non-hydrogen) atoms. The molecule has 0 radical (unpaired) electrons. The maximum atomic E-state index is 5.95. The molecule has 0 fully saturated rings. The highest BCUT2D eigenvalue weighted by Gasteiger charge is 2.09. The maximum absolute atomic E-state index is 5.95. The smallest absolute Gasteiger partial charge is 0.195 e. The van der Waals surface area contributed by atoms with Crippen LogP contribution in [0, 0.1) is 0 Å². The molecule has 3 rings (SSSR count). The summed E-state index contributed by atoms with van der Waals surface area (Å²) in [6.07, 6.45) is 0. The quantitative estimate of drug-likeness (QED) is 0.475. The van der Waals surface area contributed by atoms with Gasteiger partial charge in [0.25, 0.3) is 0 Å². The highest BCUT2D eigenvalue weighted by Crippen LogP contribution is 2.33. The number of nitrogens with two attached hydrogens (primary N) is 1. The topological polar surface area (TPSA) is 81.8 Å². The molecule has 8 heteroatoms. The molecule has 3 N–H and O–H groups in total. The lowest BCUT2D eigenvalue weighted by Crippen LogP contribution is -2.22. The summed E-state index contributed by atoms with van der Waals surface area (Å²) in [4.78, 5) is 8.89. The monoisotopic (exact) mass is 404 g/mol. The molecule has 0 saturated carbocycles. The van der Waals surface area contributed by atoms with E-state index in [0.29, 0.717) is 29.1 Å². The zero-order valence-corrected chi connectivity index (χ0v) is 16.6. The summed E-state index contributed by atoms with van der Waals surface area (Å²) < 4.78 is 10.6. The molecule has 0 amide bonds. The highest BCUT2D eigenvalue weighted by molar-refractivity contribution is 7.14. The van der Waals surface area contributed by atoms with E-state index in [9.17, 15) is 0 Å². The summed E-state index contributed by atoms with van der Waals surface area (Å²) in [5.74, 6) is 1.68. The van der Waals surface area contributed by atoms with Crippen LogP contribution in [0.1, 0.15) is 5.56 Å². The number of anilines is 1. The fourth-order valence-corrected chi connectivity index (χ4v) is 3.09. The number of thiazole rings is 1. The molecule has 0 aliphatic rings. The van der Waals surface area contributed by atoms with Crippen molar-refractivity contribution in [2.24, 2.45) is 10.7 Å². The summed E-state index contributed by atoms with van der Waals surface area (Å²) in [6, 6.07) is 15.6. The third-order valence-electron chi connectivity index (χ3n) is 3.69. The maximum Gasteiger partial charge on any atom is 0.195 e. The highest BCUT2D eigenvalue weighted by atomic mass is 35.5. The van der Waals surface area contributed by atoms with Gasteiger partial charge in [0, 0.05) is 10.9 Å². The predicted octanol–water partition coefficient (Wildman–Crippen LogP) is 4.18. The van der Waals surface area contributed by atoms with E-state index >= 15 is 0 Å². The normalized spacial score (nSPS) is 10.8. The number of rotatable bonds is 6. The molecule has 6 nitrogen and oxygen atoms in total. The molecule has 0 aliphatic carbocycles. The molecular weight excluding hydrogens is 384 g/mol. The Hall–Kier alpha value is -2.77. The van der Waals surface area contributed by atoms with E-state index < -0.39 is 0 Å². The Kier molecular flexibility index (Phi) is 7.45. The summed E-state index contributed by atoms with van der Waals surface area (Å²) in [7, 11) is 3.22. The number of halogens is 1. The molecule has 142 valence electrons. The van der Waals surface area contributed by atoms with E-state index in [1.54, 1.807) is 14.2 Å². The average Bonchev–Trinajstić information content (AvgIpc) is 3.15. The van der Waals surface area contributed by atoms with Crippen LogP contribution in [0.3, 0.4) is 0 Å². The molecule has 3 aromatic rings. The first-order valence-corrected chi connectivity index (χ1v) is 8.86. The van der Waals surface area contributed by atoms with Gasteiger partial charge in [0.2, 0.25) is 0 Å². The molecule has 0 unspecified atom stereocenters. The van der Waals surface area contributed by atoms with Gasteiger partial charge in [-0.15, -0.1) is 23.7 Å². The molecule has 1 heterocycles. The van der Waals surface area contributed by atoms with Gasteiger partial charge in [-0.25, -0.2) is 9.98 Å². The SMILES string of the molecule is COc1ccc(-c2csc(NC(N)=NCc3ccccc3)n2)cc1OC.Cl. The van der Waals surface area contributed by atoms with E-state index in [-0.39, 0.29) is 12.4 Å². The number of nitrogens with zero attached hydrogens (tertiary/aromatic N) is 2. The van der Waals surface area contributed by atoms with Gasteiger partial charge >= 0.3 is 0 Å². The van der Waals surface area contributed by atoms with Gasteiger partial charge in [-0.3, -0.25) is 0 Å². The van der Waals surface area contributed by atoms with Crippen LogP contribution < -0.4 is 20.5 Å². The molecular formula is C19H21ClN4O2S. The second-order valence-electron chi connectivity index (χ2n) is 5.42. The van der Waals surface area contributed by atoms with Crippen molar-refractivity contribution in [2.75, 3.05) is 19.5 Å². The number of ether oxygens (including phenoxy) is 2. The third-order valence-corrected chi connectivity index (χ3v) is 4.45. The molecule has 1 aromatic heterocycles. The lowest BCUT2D eigenvalue weighted by Gasteiger charge is -2.08. The second kappa shape index (κ2) is 9.80. The van der Waals surface area contributed by atoms with Gasteiger partial charge in [0.05, 0.1) is 26.5 Å². The Morgan fingerprint density at radius 3 is 2.56 bits per heavy atom. The van der Waals surface area contributed by atoms with E-state index in [0.717, 1.165) is 16.8 Å². The number of benzene rings is 2. The van der Waals surface area contributed by atoms with Crippen LogP contribution in [0.15, 0.2) is 58.9 Å². The van der Waals surface area contributed by atoms with E-state index in [4.69, 9.17) is 15.2 Å². The Morgan fingerprint density at radius 2 is 1.85 bits per heavy atom. The lowest BCUT2D eigenvalue weighted by molar-refractivity contribution is 0.355.